The number of hydrogen-bond donors (Lipinski definition) is 1. The highest BCUT2D eigenvalue weighted by Gasteiger charge is 2.15. The fourth-order valence-corrected chi connectivity index (χ4v) is 4.50. The molecule has 0 spiro atoms. The van der Waals surface area contributed by atoms with Crippen LogP contribution < -0.4 is 10.1 Å². The smallest absolute Gasteiger partial charge is 0.222 e. The normalized spacial score (nSPS) is 11.2. The number of carbonyl (C=O) groups excluding carboxylic acids is 1. The number of fused-ring (bicyclic) bond motifs is 1. The summed E-state index contributed by atoms with van der Waals surface area (Å²) in [4.78, 5) is 26.7. The summed E-state index contributed by atoms with van der Waals surface area (Å²) in [5.74, 6) is 0.536. The zero-order chi connectivity index (χ0) is 23.5. The van der Waals surface area contributed by atoms with Gasteiger partial charge in [0.1, 0.15) is 22.9 Å². The molecule has 0 saturated heterocycles. The second-order valence-electron chi connectivity index (χ2n) is 8.16. The second-order valence-corrected chi connectivity index (χ2v) is 9.80. The van der Waals surface area contributed by atoms with Crippen LogP contribution in [-0.4, -0.2) is 20.9 Å². The van der Waals surface area contributed by atoms with E-state index < -0.39 is 0 Å². The van der Waals surface area contributed by atoms with E-state index in [1.165, 1.54) is 0 Å². The van der Waals surface area contributed by atoms with Gasteiger partial charge in [-0.3, -0.25) is 9.78 Å². The molecule has 0 atom stereocenters. The average molecular weight is 481 g/mol. The van der Waals surface area contributed by atoms with E-state index in [1.54, 1.807) is 23.7 Å². The molecule has 170 valence electrons. The van der Waals surface area contributed by atoms with Crippen LogP contribution in [0.3, 0.4) is 0 Å². The van der Waals surface area contributed by atoms with Crippen LogP contribution in [0.25, 0.3) is 21.5 Å². The molecule has 0 bridgehead atoms. The Hall–Kier alpha value is -3.03. The molecule has 3 heterocycles. The summed E-state index contributed by atoms with van der Waals surface area (Å²) in [6, 6.07) is 7.95. The molecule has 0 aliphatic rings. The van der Waals surface area contributed by atoms with Crippen molar-refractivity contribution in [1.82, 2.24) is 20.3 Å². The number of nitrogens with zero attached hydrogens (tertiary/aromatic N) is 3. The third-order valence-corrected chi connectivity index (χ3v) is 6.50. The molecule has 1 aromatic carbocycles. The van der Waals surface area contributed by atoms with Gasteiger partial charge in [-0.15, -0.1) is 11.3 Å². The second kappa shape index (κ2) is 9.85. The lowest BCUT2D eigenvalue weighted by Crippen LogP contribution is -2.27. The fraction of sp³-hybridized carbons (Fsp3) is 0.280. The molecule has 1 amide bonds. The quantitative estimate of drug-likeness (QED) is 0.357. The van der Waals surface area contributed by atoms with Crippen LogP contribution in [0.4, 0.5) is 0 Å². The van der Waals surface area contributed by atoms with Gasteiger partial charge >= 0.3 is 0 Å². The zero-order valence-electron chi connectivity index (χ0n) is 19.0. The van der Waals surface area contributed by atoms with Gasteiger partial charge in [0.2, 0.25) is 5.91 Å². The highest BCUT2D eigenvalue weighted by molar-refractivity contribution is 7.15. The number of rotatable bonds is 7. The number of halogens is 1. The number of carbonyl (C=O) groups is 1. The lowest BCUT2D eigenvalue weighted by atomic mass is 10.1. The first-order valence-corrected chi connectivity index (χ1v) is 11.9. The maximum Gasteiger partial charge on any atom is 0.222 e. The molecule has 8 heteroatoms. The molecule has 0 fully saturated rings. The van der Waals surface area contributed by atoms with Gasteiger partial charge < -0.3 is 10.1 Å². The van der Waals surface area contributed by atoms with Crippen LogP contribution >= 0.6 is 22.9 Å². The topological polar surface area (TPSA) is 77.0 Å². The van der Waals surface area contributed by atoms with E-state index in [0.29, 0.717) is 17.3 Å². The molecule has 4 rings (SSSR count). The van der Waals surface area contributed by atoms with E-state index in [9.17, 15) is 4.79 Å². The van der Waals surface area contributed by atoms with Crippen LogP contribution in [0.2, 0.25) is 5.02 Å². The van der Waals surface area contributed by atoms with E-state index in [1.807, 2.05) is 52.1 Å². The standard InChI is InChI=1S/C25H25ClN4O2S/c1-14(2)24(31)28-11-17-10-27-12-21(26)20(17)13-32-22-7-5-6-18-19(8-15(3)30-23(18)22)25-29-9-16(4)33-25/h5-10,12,14H,11,13H2,1-4H3,(H,28,31). The molecule has 0 radical (unpaired) electrons. The van der Waals surface area contributed by atoms with Gasteiger partial charge in [0.15, 0.2) is 0 Å². The summed E-state index contributed by atoms with van der Waals surface area (Å²) in [7, 11) is 0. The summed E-state index contributed by atoms with van der Waals surface area (Å²) in [5.41, 5.74) is 4.32. The van der Waals surface area contributed by atoms with Gasteiger partial charge in [-0.2, -0.15) is 0 Å². The van der Waals surface area contributed by atoms with Crippen molar-refractivity contribution >= 4 is 39.7 Å². The van der Waals surface area contributed by atoms with Gasteiger partial charge in [-0.05, 0) is 31.5 Å². The summed E-state index contributed by atoms with van der Waals surface area (Å²) in [6.07, 6.45) is 5.18. The highest BCUT2D eigenvalue weighted by Crippen LogP contribution is 2.35. The Morgan fingerprint density at radius 1 is 1.21 bits per heavy atom. The van der Waals surface area contributed by atoms with Gasteiger partial charge in [0, 0.05) is 58.1 Å². The number of ether oxygens (including phenoxy) is 1. The summed E-state index contributed by atoms with van der Waals surface area (Å²) < 4.78 is 6.23. The molecule has 0 saturated carbocycles. The molecule has 6 nitrogen and oxygen atoms in total. The van der Waals surface area contributed by atoms with Gasteiger partial charge in [-0.1, -0.05) is 37.6 Å². The molecule has 0 aliphatic carbocycles. The van der Waals surface area contributed by atoms with Crippen molar-refractivity contribution in [2.75, 3.05) is 0 Å². The average Bonchev–Trinajstić information content (AvgIpc) is 3.22. The Bertz CT molecular complexity index is 1320. The number of aryl methyl sites for hydroxylation is 2. The Balaban J connectivity index is 1.65. The van der Waals surface area contributed by atoms with Crippen LogP contribution in [0, 0.1) is 19.8 Å². The highest BCUT2D eigenvalue weighted by atomic mass is 35.5. The lowest BCUT2D eigenvalue weighted by molar-refractivity contribution is -0.124. The maximum absolute atomic E-state index is 12.0. The molecule has 4 aromatic rings. The first-order chi connectivity index (χ1) is 15.8. The number of amides is 1. The predicted octanol–water partition coefficient (Wildman–Crippen LogP) is 5.87. The zero-order valence-corrected chi connectivity index (χ0v) is 20.5. The first kappa shape index (κ1) is 23.1. The number of aromatic nitrogens is 3. The lowest BCUT2D eigenvalue weighted by Gasteiger charge is -2.15. The Morgan fingerprint density at radius 3 is 2.76 bits per heavy atom. The summed E-state index contributed by atoms with van der Waals surface area (Å²) >= 11 is 8.10. The Morgan fingerprint density at radius 2 is 2.03 bits per heavy atom. The van der Waals surface area contributed by atoms with Crippen molar-refractivity contribution in [2.45, 2.75) is 40.8 Å². The van der Waals surface area contributed by atoms with E-state index in [4.69, 9.17) is 21.3 Å². The third kappa shape index (κ3) is 5.15. The molecule has 33 heavy (non-hydrogen) atoms. The first-order valence-electron chi connectivity index (χ1n) is 10.7. The van der Waals surface area contributed by atoms with Crippen molar-refractivity contribution < 1.29 is 9.53 Å². The number of benzene rings is 1. The fourth-order valence-electron chi connectivity index (χ4n) is 3.48. The molecule has 0 aliphatic heterocycles. The number of thiazole rings is 1. The molecular weight excluding hydrogens is 456 g/mol. The SMILES string of the molecule is Cc1cc(-c2ncc(C)s2)c2cccc(OCc3c(Cl)cncc3CNC(=O)C(C)C)c2n1. The van der Waals surface area contributed by atoms with Crippen LogP contribution in [-0.2, 0) is 17.9 Å². The summed E-state index contributed by atoms with van der Waals surface area (Å²) in [6.45, 7) is 8.29. The minimum Gasteiger partial charge on any atom is -0.487 e. The van der Waals surface area contributed by atoms with Crippen molar-refractivity contribution in [3.05, 3.63) is 69.6 Å². The minimum atomic E-state index is -0.0994. The molecular formula is C25H25ClN4O2S. The van der Waals surface area contributed by atoms with Crippen molar-refractivity contribution in [3.8, 4) is 16.3 Å². The van der Waals surface area contributed by atoms with Crippen molar-refractivity contribution in [3.63, 3.8) is 0 Å². The number of pyridine rings is 2. The Labute approximate surface area is 202 Å². The van der Waals surface area contributed by atoms with E-state index in [0.717, 1.165) is 43.2 Å². The number of para-hydroxylation sites is 1. The van der Waals surface area contributed by atoms with Crippen LogP contribution in [0.1, 0.15) is 35.5 Å². The Kier molecular flexibility index (Phi) is 6.91. The summed E-state index contributed by atoms with van der Waals surface area (Å²) in [5, 5.41) is 5.36. The van der Waals surface area contributed by atoms with E-state index in [-0.39, 0.29) is 18.4 Å². The van der Waals surface area contributed by atoms with E-state index in [2.05, 4.69) is 21.4 Å². The van der Waals surface area contributed by atoms with Crippen molar-refractivity contribution in [2.24, 2.45) is 5.92 Å². The van der Waals surface area contributed by atoms with Gasteiger partial charge in [0.25, 0.3) is 0 Å². The minimum absolute atomic E-state index is 0.0273. The number of nitrogens with one attached hydrogen (secondary N) is 1. The van der Waals surface area contributed by atoms with Crippen molar-refractivity contribution in [1.29, 1.82) is 0 Å². The monoisotopic (exact) mass is 480 g/mol. The van der Waals surface area contributed by atoms with Crippen LogP contribution in [0.5, 0.6) is 5.75 Å². The largest absolute Gasteiger partial charge is 0.487 e. The maximum atomic E-state index is 12.0. The third-order valence-electron chi connectivity index (χ3n) is 5.23. The van der Waals surface area contributed by atoms with Gasteiger partial charge in [-0.25, -0.2) is 9.97 Å². The molecule has 1 N–H and O–H groups in total. The van der Waals surface area contributed by atoms with Gasteiger partial charge in [0.05, 0.1) is 5.02 Å². The number of hydrogen-bond acceptors (Lipinski definition) is 6. The van der Waals surface area contributed by atoms with Crippen LogP contribution in [0.15, 0.2) is 42.9 Å². The predicted molar refractivity (Wildman–Crippen MR) is 133 cm³/mol. The molecule has 3 aromatic heterocycles. The van der Waals surface area contributed by atoms with E-state index >= 15 is 0 Å². The molecule has 0 unspecified atom stereocenters.